The van der Waals surface area contributed by atoms with Crippen LogP contribution in [0.3, 0.4) is 0 Å². The Morgan fingerprint density at radius 2 is 1.80 bits per heavy atom. The van der Waals surface area contributed by atoms with Crippen molar-refractivity contribution in [1.82, 2.24) is 4.90 Å². The lowest BCUT2D eigenvalue weighted by atomic mass is 9.84. The summed E-state index contributed by atoms with van der Waals surface area (Å²) in [5, 5.41) is 21.6. The van der Waals surface area contributed by atoms with Gasteiger partial charge in [-0.05, 0) is 60.7 Å². The lowest BCUT2D eigenvalue weighted by molar-refractivity contribution is -0.137. The van der Waals surface area contributed by atoms with E-state index >= 15 is 0 Å². The van der Waals surface area contributed by atoms with Crippen LogP contribution in [0.4, 0.5) is 13.2 Å². The number of nitrogens with zero attached hydrogens (tertiary/aromatic N) is 1. The first kappa shape index (κ1) is 21.2. The minimum atomic E-state index is -4.39. The molecule has 0 unspecified atom stereocenters. The minimum Gasteiger partial charge on any atom is -0.490 e. The summed E-state index contributed by atoms with van der Waals surface area (Å²) in [6, 6.07) is 10.5. The number of aliphatic hydroxyl groups is 2. The van der Waals surface area contributed by atoms with Crippen molar-refractivity contribution in [2.75, 3.05) is 19.6 Å². The molecule has 0 saturated carbocycles. The van der Waals surface area contributed by atoms with Crippen LogP contribution in [-0.2, 0) is 18.2 Å². The van der Waals surface area contributed by atoms with Crippen molar-refractivity contribution in [1.29, 1.82) is 0 Å². The van der Waals surface area contributed by atoms with Crippen molar-refractivity contribution in [3.05, 3.63) is 64.7 Å². The van der Waals surface area contributed by atoms with E-state index in [9.17, 15) is 23.4 Å². The normalized spacial score (nSPS) is 22.4. The van der Waals surface area contributed by atoms with Gasteiger partial charge in [0, 0.05) is 26.1 Å². The molecule has 162 valence electrons. The Hall–Kier alpha value is -2.09. The molecule has 2 heterocycles. The zero-order chi connectivity index (χ0) is 21.5. The third kappa shape index (κ3) is 4.33. The van der Waals surface area contributed by atoms with Crippen LogP contribution in [-0.4, -0.2) is 40.9 Å². The van der Waals surface area contributed by atoms with Crippen molar-refractivity contribution in [2.24, 2.45) is 0 Å². The van der Waals surface area contributed by atoms with Crippen molar-refractivity contribution >= 4 is 0 Å². The minimum absolute atomic E-state index is 0.150. The van der Waals surface area contributed by atoms with Gasteiger partial charge in [0.15, 0.2) is 0 Å². The summed E-state index contributed by atoms with van der Waals surface area (Å²) in [6.07, 6.45) is -3.25. The van der Waals surface area contributed by atoms with E-state index in [1.165, 1.54) is 12.1 Å². The Bertz CT molecular complexity index is 890. The van der Waals surface area contributed by atoms with Gasteiger partial charge in [-0.25, -0.2) is 0 Å². The second kappa shape index (κ2) is 7.87. The Morgan fingerprint density at radius 1 is 1.13 bits per heavy atom. The van der Waals surface area contributed by atoms with E-state index in [0.29, 0.717) is 38.0 Å². The van der Waals surface area contributed by atoms with Gasteiger partial charge >= 0.3 is 6.18 Å². The third-order valence-corrected chi connectivity index (χ3v) is 6.17. The topological polar surface area (TPSA) is 52.9 Å². The Morgan fingerprint density at radius 3 is 2.43 bits per heavy atom. The van der Waals surface area contributed by atoms with E-state index in [4.69, 9.17) is 4.74 Å². The number of hydrogen-bond acceptors (Lipinski definition) is 4. The molecular formula is C23H26F3NO3. The predicted molar refractivity (Wildman–Crippen MR) is 106 cm³/mol. The Kier molecular flexibility index (Phi) is 5.55. The molecule has 0 spiro atoms. The number of fused-ring (bicyclic) bond motifs is 1. The van der Waals surface area contributed by atoms with Crippen LogP contribution >= 0.6 is 0 Å². The first-order chi connectivity index (χ1) is 14.1. The van der Waals surface area contributed by atoms with Crippen molar-refractivity contribution in [3.8, 4) is 5.75 Å². The predicted octanol–water partition coefficient (Wildman–Crippen LogP) is 4.05. The van der Waals surface area contributed by atoms with Gasteiger partial charge in [0.25, 0.3) is 0 Å². The quantitative estimate of drug-likeness (QED) is 0.782. The van der Waals surface area contributed by atoms with E-state index in [1.807, 2.05) is 25.1 Å². The summed E-state index contributed by atoms with van der Waals surface area (Å²) in [7, 11) is 0. The van der Waals surface area contributed by atoms with Gasteiger partial charge in [0.05, 0.1) is 17.3 Å². The molecule has 0 radical (unpaired) electrons. The van der Waals surface area contributed by atoms with Crippen LogP contribution in [0.1, 0.15) is 48.1 Å². The SMILES string of the molecule is C[C@H]1Cc2cc([C@@H](O)CN3CCC(O)(c4ccc(C(F)(F)F)cc4)CC3)ccc2O1. The number of piperidine rings is 1. The lowest BCUT2D eigenvalue weighted by Gasteiger charge is -2.39. The summed E-state index contributed by atoms with van der Waals surface area (Å²) in [5.41, 5.74) is 0.587. The standard InChI is InChI=1S/C23H26F3NO3/c1-15-12-17-13-16(2-7-21(17)30-15)20(28)14-27-10-8-22(29,9-11-27)18-3-5-19(6-4-18)23(24,25)26/h2-7,13,15,20,28-29H,8-12,14H2,1H3/t15-,20-/m0/s1. The second-order valence-electron chi connectivity index (χ2n) is 8.42. The summed E-state index contributed by atoms with van der Waals surface area (Å²) in [6.45, 7) is 3.57. The molecule has 1 saturated heterocycles. The Balaban J connectivity index is 1.36. The molecule has 2 aromatic carbocycles. The summed E-state index contributed by atoms with van der Waals surface area (Å²) < 4.78 is 44.0. The number of likely N-dealkylation sites (tertiary alicyclic amines) is 1. The molecule has 0 aromatic heterocycles. The second-order valence-corrected chi connectivity index (χ2v) is 8.42. The lowest BCUT2D eigenvalue weighted by Crippen LogP contribution is -2.44. The number of alkyl halides is 3. The highest BCUT2D eigenvalue weighted by molar-refractivity contribution is 5.41. The van der Waals surface area contributed by atoms with Crippen LogP contribution < -0.4 is 4.74 Å². The molecule has 0 amide bonds. The molecule has 1 fully saturated rings. The fourth-order valence-corrected chi connectivity index (χ4v) is 4.36. The third-order valence-electron chi connectivity index (χ3n) is 6.17. The monoisotopic (exact) mass is 421 g/mol. The van der Waals surface area contributed by atoms with E-state index in [0.717, 1.165) is 35.4 Å². The summed E-state index contributed by atoms with van der Waals surface area (Å²) in [5.74, 6) is 0.873. The van der Waals surface area contributed by atoms with Crippen molar-refractivity contribution in [2.45, 2.75) is 50.2 Å². The molecule has 4 rings (SSSR count). The number of halogens is 3. The van der Waals surface area contributed by atoms with E-state index < -0.39 is 23.4 Å². The highest BCUT2D eigenvalue weighted by Gasteiger charge is 2.36. The maximum Gasteiger partial charge on any atom is 0.416 e. The van der Waals surface area contributed by atoms with Gasteiger partial charge in [-0.2, -0.15) is 13.2 Å². The highest BCUT2D eigenvalue weighted by Crippen LogP contribution is 2.36. The molecule has 30 heavy (non-hydrogen) atoms. The molecule has 2 atom stereocenters. The number of rotatable bonds is 4. The smallest absolute Gasteiger partial charge is 0.416 e. The molecule has 2 aromatic rings. The summed E-state index contributed by atoms with van der Waals surface area (Å²) >= 11 is 0. The molecule has 4 nitrogen and oxygen atoms in total. The van der Waals surface area contributed by atoms with Crippen LogP contribution in [0.25, 0.3) is 0 Å². The zero-order valence-corrected chi connectivity index (χ0v) is 16.8. The average molecular weight is 421 g/mol. The van der Waals surface area contributed by atoms with Gasteiger partial charge in [-0.1, -0.05) is 18.2 Å². The van der Waals surface area contributed by atoms with Crippen molar-refractivity contribution < 1.29 is 28.1 Å². The van der Waals surface area contributed by atoms with E-state index in [-0.39, 0.29) is 6.10 Å². The molecule has 2 aliphatic rings. The number of ether oxygens (including phenoxy) is 1. The first-order valence-electron chi connectivity index (χ1n) is 10.2. The number of hydrogen-bond donors (Lipinski definition) is 2. The number of aliphatic hydroxyl groups excluding tert-OH is 1. The van der Waals surface area contributed by atoms with Gasteiger partial charge < -0.3 is 19.8 Å². The Labute approximate surface area is 173 Å². The molecular weight excluding hydrogens is 395 g/mol. The van der Waals surface area contributed by atoms with Gasteiger partial charge in [-0.15, -0.1) is 0 Å². The highest BCUT2D eigenvalue weighted by atomic mass is 19.4. The van der Waals surface area contributed by atoms with Crippen molar-refractivity contribution in [3.63, 3.8) is 0 Å². The summed E-state index contributed by atoms with van der Waals surface area (Å²) in [4.78, 5) is 2.08. The van der Waals surface area contributed by atoms with Crippen LogP contribution in [0, 0.1) is 0 Å². The zero-order valence-electron chi connectivity index (χ0n) is 16.8. The largest absolute Gasteiger partial charge is 0.490 e. The average Bonchev–Trinajstić information content (AvgIpc) is 3.08. The van der Waals surface area contributed by atoms with Gasteiger partial charge in [0.1, 0.15) is 11.9 Å². The van der Waals surface area contributed by atoms with Crippen LogP contribution in [0.2, 0.25) is 0 Å². The fraction of sp³-hybridized carbons (Fsp3) is 0.478. The fourth-order valence-electron chi connectivity index (χ4n) is 4.36. The van der Waals surface area contributed by atoms with Crippen LogP contribution in [0.5, 0.6) is 5.75 Å². The van der Waals surface area contributed by atoms with E-state index in [1.54, 1.807) is 0 Å². The molecule has 7 heteroatoms. The molecule has 0 bridgehead atoms. The van der Waals surface area contributed by atoms with E-state index in [2.05, 4.69) is 4.90 Å². The number of benzene rings is 2. The molecule has 2 N–H and O–H groups in total. The maximum absolute atomic E-state index is 12.8. The first-order valence-corrected chi connectivity index (χ1v) is 10.2. The van der Waals surface area contributed by atoms with Gasteiger partial charge in [-0.3, -0.25) is 0 Å². The van der Waals surface area contributed by atoms with Crippen LogP contribution in [0.15, 0.2) is 42.5 Å². The number of β-amino-alcohol motifs (C(OH)–C–C–N with tert-alkyl or cyclic N) is 1. The van der Waals surface area contributed by atoms with Gasteiger partial charge in [0.2, 0.25) is 0 Å². The molecule has 0 aliphatic carbocycles. The molecule has 2 aliphatic heterocycles. The maximum atomic E-state index is 12.8.